The van der Waals surface area contributed by atoms with Gasteiger partial charge in [0.15, 0.2) is 0 Å². The average molecular weight is 257 g/mol. The molecule has 4 nitrogen and oxygen atoms in total. The summed E-state index contributed by atoms with van der Waals surface area (Å²) in [7, 11) is 0. The zero-order valence-electron chi connectivity index (χ0n) is 11.4. The summed E-state index contributed by atoms with van der Waals surface area (Å²) in [6.07, 6.45) is 2.21. The van der Waals surface area contributed by atoms with Crippen LogP contribution in [0.3, 0.4) is 0 Å². The summed E-state index contributed by atoms with van der Waals surface area (Å²) < 4.78 is 5.63. The lowest BCUT2D eigenvalue weighted by Gasteiger charge is -2.07. The van der Waals surface area contributed by atoms with E-state index < -0.39 is 0 Å². The van der Waals surface area contributed by atoms with Crippen molar-refractivity contribution >= 4 is 5.95 Å². The highest BCUT2D eigenvalue weighted by atomic mass is 16.5. The van der Waals surface area contributed by atoms with Crippen LogP contribution in [0.25, 0.3) is 11.3 Å². The number of anilines is 1. The molecule has 1 aromatic carbocycles. The number of nitrogens with two attached hydrogens (primary N) is 1. The molecule has 0 saturated heterocycles. The quantitative estimate of drug-likeness (QED) is 0.835. The van der Waals surface area contributed by atoms with Crippen LogP contribution in [0.15, 0.2) is 30.3 Å². The molecule has 0 atom stereocenters. The smallest absolute Gasteiger partial charge is 0.220 e. The molecular formula is C15H19N3O. The first kappa shape index (κ1) is 13.3. The molecule has 0 fully saturated rings. The molecule has 0 spiro atoms. The summed E-state index contributed by atoms with van der Waals surface area (Å²) in [5, 5.41) is 0. The third-order valence-electron chi connectivity index (χ3n) is 2.79. The molecule has 0 unspecified atom stereocenters. The van der Waals surface area contributed by atoms with Crippen LogP contribution in [-0.2, 0) is 0 Å². The van der Waals surface area contributed by atoms with Crippen LogP contribution >= 0.6 is 0 Å². The van der Waals surface area contributed by atoms with E-state index in [2.05, 4.69) is 16.9 Å². The Balaban J connectivity index is 2.13. The summed E-state index contributed by atoms with van der Waals surface area (Å²) in [5.41, 5.74) is 8.38. The fourth-order valence-electron chi connectivity index (χ4n) is 1.80. The molecule has 0 aliphatic heterocycles. The molecular weight excluding hydrogens is 238 g/mol. The zero-order valence-corrected chi connectivity index (χ0v) is 11.4. The number of unbranched alkanes of at least 4 members (excludes halogenated alkanes) is 1. The molecule has 1 heterocycles. The number of aryl methyl sites for hydroxylation is 1. The Morgan fingerprint density at radius 3 is 2.53 bits per heavy atom. The van der Waals surface area contributed by atoms with Gasteiger partial charge in [0.05, 0.1) is 12.3 Å². The van der Waals surface area contributed by atoms with Gasteiger partial charge >= 0.3 is 0 Å². The SMILES string of the molecule is CCCCOc1ccc(-c2cc(C)nc(N)n2)cc1. The molecule has 0 saturated carbocycles. The molecule has 2 aromatic rings. The van der Waals surface area contributed by atoms with E-state index in [1.165, 1.54) is 0 Å². The minimum atomic E-state index is 0.304. The number of ether oxygens (including phenoxy) is 1. The van der Waals surface area contributed by atoms with E-state index >= 15 is 0 Å². The fourth-order valence-corrected chi connectivity index (χ4v) is 1.80. The largest absolute Gasteiger partial charge is 0.494 e. The number of aromatic nitrogens is 2. The van der Waals surface area contributed by atoms with E-state index in [1.54, 1.807) is 0 Å². The molecule has 0 aliphatic rings. The maximum atomic E-state index is 5.66. The maximum Gasteiger partial charge on any atom is 0.220 e. The Morgan fingerprint density at radius 2 is 1.89 bits per heavy atom. The highest BCUT2D eigenvalue weighted by Crippen LogP contribution is 2.21. The normalized spacial score (nSPS) is 10.4. The van der Waals surface area contributed by atoms with Gasteiger partial charge in [-0.25, -0.2) is 9.97 Å². The number of hydrogen-bond acceptors (Lipinski definition) is 4. The molecule has 0 amide bonds. The van der Waals surface area contributed by atoms with Crippen LogP contribution in [0.1, 0.15) is 25.5 Å². The predicted molar refractivity (Wildman–Crippen MR) is 77.0 cm³/mol. The van der Waals surface area contributed by atoms with Crippen molar-refractivity contribution < 1.29 is 4.74 Å². The first-order chi connectivity index (χ1) is 9.19. The molecule has 100 valence electrons. The lowest BCUT2D eigenvalue weighted by molar-refractivity contribution is 0.309. The Morgan fingerprint density at radius 1 is 1.16 bits per heavy atom. The van der Waals surface area contributed by atoms with Gasteiger partial charge < -0.3 is 10.5 Å². The van der Waals surface area contributed by atoms with Crippen molar-refractivity contribution in [3.05, 3.63) is 36.0 Å². The van der Waals surface area contributed by atoms with E-state index in [-0.39, 0.29) is 0 Å². The molecule has 1 aromatic heterocycles. The van der Waals surface area contributed by atoms with Crippen LogP contribution < -0.4 is 10.5 Å². The van der Waals surface area contributed by atoms with E-state index in [9.17, 15) is 0 Å². The molecule has 0 aliphatic carbocycles. The second-order valence-corrected chi connectivity index (χ2v) is 4.48. The van der Waals surface area contributed by atoms with Crippen molar-refractivity contribution in [2.45, 2.75) is 26.7 Å². The third kappa shape index (κ3) is 3.68. The highest BCUT2D eigenvalue weighted by molar-refractivity contribution is 5.61. The number of rotatable bonds is 5. The fraction of sp³-hybridized carbons (Fsp3) is 0.333. The van der Waals surface area contributed by atoms with Gasteiger partial charge in [0.2, 0.25) is 5.95 Å². The van der Waals surface area contributed by atoms with Gasteiger partial charge in [-0.3, -0.25) is 0 Å². The number of hydrogen-bond donors (Lipinski definition) is 1. The molecule has 19 heavy (non-hydrogen) atoms. The van der Waals surface area contributed by atoms with Gasteiger partial charge in [-0.1, -0.05) is 13.3 Å². The van der Waals surface area contributed by atoms with Crippen molar-refractivity contribution in [1.82, 2.24) is 9.97 Å². The van der Waals surface area contributed by atoms with Crippen molar-refractivity contribution in [3.8, 4) is 17.0 Å². The average Bonchev–Trinajstić information content (AvgIpc) is 2.39. The van der Waals surface area contributed by atoms with Crippen LogP contribution in [0, 0.1) is 6.92 Å². The summed E-state index contributed by atoms with van der Waals surface area (Å²) in [6.45, 7) is 4.81. The molecule has 2 N–H and O–H groups in total. The van der Waals surface area contributed by atoms with E-state index in [0.717, 1.165) is 42.1 Å². The monoisotopic (exact) mass is 257 g/mol. The zero-order chi connectivity index (χ0) is 13.7. The molecule has 0 bridgehead atoms. The van der Waals surface area contributed by atoms with E-state index in [1.807, 2.05) is 37.3 Å². The molecule has 2 rings (SSSR count). The first-order valence-electron chi connectivity index (χ1n) is 6.53. The Labute approximate surface area is 113 Å². The van der Waals surface area contributed by atoms with Gasteiger partial charge in [-0.05, 0) is 43.7 Å². The summed E-state index contributed by atoms with van der Waals surface area (Å²) in [4.78, 5) is 8.30. The number of benzene rings is 1. The van der Waals surface area contributed by atoms with Crippen molar-refractivity contribution in [3.63, 3.8) is 0 Å². The first-order valence-corrected chi connectivity index (χ1v) is 6.53. The van der Waals surface area contributed by atoms with Crippen LogP contribution in [-0.4, -0.2) is 16.6 Å². The van der Waals surface area contributed by atoms with Gasteiger partial charge in [0.25, 0.3) is 0 Å². The topological polar surface area (TPSA) is 61.0 Å². The second-order valence-electron chi connectivity index (χ2n) is 4.48. The molecule has 0 radical (unpaired) electrons. The second kappa shape index (κ2) is 6.18. The van der Waals surface area contributed by atoms with Gasteiger partial charge in [0.1, 0.15) is 5.75 Å². The van der Waals surface area contributed by atoms with Gasteiger partial charge in [-0.15, -0.1) is 0 Å². The van der Waals surface area contributed by atoms with Crippen molar-refractivity contribution in [2.24, 2.45) is 0 Å². The standard InChI is InChI=1S/C15H19N3O/c1-3-4-9-19-13-7-5-12(6-8-13)14-10-11(2)17-15(16)18-14/h5-8,10H,3-4,9H2,1-2H3,(H2,16,17,18). The van der Waals surface area contributed by atoms with Crippen LogP contribution in [0.4, 0.5) is 5.95 Å². The Hall–Kier alpha value is -2.10. The van der Waals surface area contributed by atoms with E-state index in [4.69, 9.17) is 10.5 Å². The van der Waals surface area contributed by atoms with Crippen LogP contribution in [0.2, 0.25) is 0 Å². The van der Waals surface area contributed by atoms with Gasteiger partial charge in [0, 0.05) is 11.3 Å². The lowest BCUT2D eigenvalue weighted by Crippen LogP contribution is -1.98. The third-order valence-corrected chi connectivity index (χ3v) is 2.79. The molecule has 4 heteroatoms. The van der Waals surface area contributed by atoms with Crippen LogP contribution in [0.5, 0.6) is 5.75 Å². The predicted octanol–water partition coefficient (Wildman–Crippen LogP) is 3.21. The number of nitrogens with zero attached hydrogens (tertiary/aromatic N) is 2. The minimum absolute atomic E-state index is 0.304. The highest BCUT2D eigenvalue weighted by Gasteiger charge is 2.03. The lowest BCUT2D eigenvalue weighted by atomic mass is 10.1. The summed E-state index contributed by atoms with van der Waals surface area (Å²) in [6, 6.07) is 9.81. The minimum Gasteiger partial charge on any atom is -0.494 e. The Kier molecular flexibility index (Phi) is 4.34. The number of nitrogen functional groups attached to an aromatic ring is 1. The van der Waals surface area contributed by atoms with Crippen molar-refractivity contribution in [1.29, 1.82) is 0 Å². The maximum absolute atomic E-state index is 5.66. The van der Waals surface area contributed by atoms with Gasteiger partial charge in [-0.2, -0.15) is 0 Å². The Bertz CT molecular complexity index is 517. The van der Waals surface area contributed by atoms with Crippen molar-refractivity contribution in [2.75, 3.05) is 12.3 Å². The van der Waals surface area contributed by atoms with E-state index in [0.29, 0.717) is 5.95 Å². The summed E-state index contributed by atoms with van der Waals surface area (Å²) in [5.74, 6) is 1.19. The summed E-state index contributed by atoms with van der Waals surface area (Å²) >= 11 is 0.